The van der Waals surface area contributed by atoms with Crippen molar-refractivity contribution in [1.29, 1.82) is 0 Å². The Kier molecular flexibility index (Phi) is 6.81. The van der Waals surface area contributed by atoms with Crippen molar-refractivity contribution >= 4 is 67.8 Å². The van der Waals surface area contributed by atoms with Gasteiger partial charge >= 0.3 is 0 Å². The Balaban J connectivity index is 1.51. The molecule has 0 aliphatic carbocycles. The van der Waals surface area contributed by atoms with E-state index < -0.39 is 0 Å². The van der Waals surface area contributed by atoms with Crippen LogP contribution in [0.5, 0.6) is 5.75 Å². The van der Waals surface area contributed by atoms with Crippen LogP contribution in [0, 0.1) is 0 Å². The van der Waals surface area contributed by atoms with Gasteiger partial charge in [-0.3, -0.25) is 9.69 Å². The number of ether oxygens (including phenoxy) is 1. The molecule has 1 amide bonds. The van der Waals surface area contributed by atoms with E-state index in [1.54, 1.807) is 18.1 Å². The molecule has 35 heavy (non-hydrogen) atoms. The minimum Gasteiger partial charge on any atom is -0.497 e. The molecule has 0 spiro atoms. The molecule has 8 heteroatoms. The monoisotopic (exact) mass is 564 g/mol. The van der Waals surface area contributed by atoms with Crippen molar-refractivity contribution in [3.8, 4) is 17.1 Å². The minimum atomic E-state index is -0.180. The van der Waals surface area contributed by atoms with Crippen molar-refractivity contribution in [1.82, 2.24) is 0 Å². The van der Waals surface area contributed by atoms with Crippen molar-refractivity contribution in [3.63, 3.8) is 0 Å². The fourth-order valence-corrected chi connectivity index (χ4v) is 4.97. The summed E-state index contributed by atoms with van der Waals surface area (Å²) in [5, 5.41) is 1.15. The van der Waals surface area contributed by atoms with Crippen LogP contribution in [0.4, 0.5) is 11.4 Å². The number of methoxy groups -OCH3 is 1. The maximum atomic E-state index is 13.5. The summed E-state index contributed by atoms with van der Waals surface area (Å²) in [6.07, 6.45) is 1.73. The Morgan fingerprint density at radius 3 is 2.46 bits per heavy atom. The third kappa shape index (κ3) is 5.07. The highest BCUT2D eigenvalue weighted by atomic mass is 79.9. The standard InChI is InChI=1S/C27H18BrClN2O3S/c1-33-20-12-8-18(9-13-20)30-27-31(19-10-6-17(28)7-11-19)26(32)25(35-27)16-21-14-15-24(34-21)22-4-2-3-5-23(22)29/h2-16H,1H3/b25-16-,30-27?. The number of aliphatic imine (C=N–C) groups is 1. The zero-order valence-corrected chi connectivity index (χ0v) is 21.6. The Morgan fingerprint density at radius 1 is 1.00 bits per heavy atom. The van der Waals surface area contributed by atoms with E-state index in [1.807, 2.05) is 84.9 Å². The molecule has 1 aliphatic heterocycles. The Labute approximate surface area is 220 Å². The second kappa shape index (κ2) is 10.2. The predicted molar refractivity (Wildman–Crippen MR) is 146 cm³/mol. The zero-order valence-electron chi connectivity index (χ0n) is 18.4. The summed E-state index contributed by atoms with van der Waals surface area (Å²) >= 11 is 11.1. The van der Waals surface area contributed by atoms with E-state index in [2.05, 4.69) is 15.9 Å². The third-order valence-corrected chi connectivity index (χ3v) is 7.05. The third-order valence-electron chi connectivity index (χ3n) is 5.23. The number of nitrogens with zero attached hydrogens (tertiary/aromatic N) is 2. The van der Waals surface area contributed by atoms with Gasteiger partial charge in [-0.1, -0.05) is 39.7 Å². The molecule has 174 valence electrons. The summed E-state index contributed by atoms with van der Waals surface area (Å²) in [4.78, 5) is 20.3. The van der Waals surface area contributed by atoms with Crippen LogP contribution in [-0.4, -0.2) is 18.2 Å². The van der Waals surface area contributed by atoms with Gasteiger partial charge in [-0.2, -0.15) is 0 Å². The summed E-state index contributed by atoms with van der Waals surface area (Å²) < 4.78 is 12.1. The maximum absolute atomic E-state index is 13.5. The number of anilines is 1. The van der Waals surface area contributed by atoms with Crippen LogP contribution < -0.4 is 9.64 Å². The summed E-state index contributed by atoms with van der Waals surface area (Å²) in [7, 11) is 1.62. The molecule has 0 bridgehead atoms. The van der Waals surface area contributed by atoms with E-state index in [0.717, 1.165) is 21.5 Å². The first-order valence-electron chi connectivity index (χ1n) is 10.6. The summed E-state index contributed by atoms with van der Waals surface area (Å²) in [6, 6.07) is 26.0. The average Bonchev–Trinajstić information content (AvgIpc) is 3.45. The van der Waals surface area contributed by atoms with Gasteiger partial charge in [0, 0.05) is 16.1 Å². The molecule has 1 saturated heterocycles. The molecule has 0 saturated carbocycles. The van der Waals surface area contributed by atoms with E-state index in [-0.39, 0.29) is 5.91 Å². The van der Waals surface area contributed by atoms with Gasteiger partial charge in [0.2, 0.25) is 0 Å². The lowest BCUT2D eigenvalue weighted by Crippen LogP contribution is -2.28. The fraction of sp³-hybridized carbons (Fsp3) is 0.0370. The Morgan fingerprint density at radius 2 is 1.74 bits per heavy atom. The number of amides is 1. The maximum Gasteiger partial charge on any atom is 0.271 e. The number of thioether (sulfide) groups is 1. The average molecular weight is 566 g/mol. The second-order valence-corrected chi connectivity index (χ2v) is 9.83. The lowest BCUT2D eigenvalue weighted by Gasteiger charge is -2.15. The normalized spacial score (nSPS) is 15.9. The van der Waals surface area contributed by atoms with Crippen LogP contribution in [0.15, 0.2) is 104 Å². The smallest absolute Gasteiger partial charge is 0.271 e. The van der Waals surface area contributed by atoms with Gasteiger partial charge in [-0.25, -0.2) is 4.99 Å². The van der Waals surface area contributed by atoms with E-state index in [1.165, 1.54) is 11.8 Å². The number of hydrogen-bond donors (Lipinski definition) is 0. The lowest BCUT2D eigenvalue weighted by molar-refractivity contribution is -0.113. The molecule has 0 radical (unpaired) electrons. The molecule has 3 aromatic carbocycles. The lowest BCUT2D eigenvalue weighted by atomic mass is 10.2. The summed E-state index contributed by atoms with van der Waals surface area (Å²) in [5.74, 6) is 1.74. The number of carbonyl (C=O) groups is 1. The topological polar surface area (TPSA) is 55.0 Å². The number of rotatable bonds is 5. The second-order valence-electron chi connectivity index (χ2n) is 7.50. The molecule has 0 N–H and O–H groups in total. The van der Waals surface area contributed by atoms with Crippen molar-refractivity contribution in [2.24, 2.45) is 4.99 Å². The van der Waals surface area contributed by atoms with Gasteiger partial charge in [-0.15, -0.1) is 0 Å². The highest BCUT2D eigenvalue weighted by Gasteiger charge is 2.35. The molecular weight excluding hydrogens is 548 g/mol. The molecule has 5 rings (SSSR count). The van der Waals surface area contributed by atoms with Crippen molar-refractivity contribution < 1.29 is 13.9 Å². The van der Waals surface area contributed by atoms with Crippen LogP contribution in [0.1, 0.15) is 5.76 Å². The van der Waals surface area contributed by atoms with Gasteiger partial charge < -0.3 is 9.15 Å². The van der Waals surface area contributed by atoms with Crippen LogP contribution in [-0.2, 0) is 4.79 Å². The summed E-state index contributed by atoms with van der Waals surface area (Å²) in [5.41, 5.74) is 2.23. The Hall–Kier alpha value is -3.26. The van der Waals surface area contributed by atoms with E-state index in [4.69, 9.17) is 25.7 Å². The number of amidine groups is 1. The van der Waals surface area contributed by atoms with Gasteiger partial charge in [-0.05, 0) is 84.6 Å². The first-order valence-corrected chi connectivity index (χ1v) is 12.6. The Bertz CT molecular complexity index is 1450. The van der Waals surface area contributed by atoms with Gasteiger partial charge in [0.1, 0.15) is 17.3 Å². The van der Waals surface area contributed by atoms with Gasteiger partial charge in [0.15, 0.2) is 5.17 Å². The first-order chi connectivity index (χ1) is 17.0. The number of furan rings is 1. The van der Waals surface area contributed by atoms with Crippen molar-refractivity contribution in [2.75, 3.05) is 12.0 Å². The first kappa shape index (κ1) is 23.5. The summed E-state index contributed by atoms with van der Waals surface area (Å²) in [6.45, 7) is 0. The largest absolute Gasteiger partial charge is 0.497 e. The number of halogens is 2. The van der Waals surface area contributed by atoms with E-state index in [9.17, 15) is 4.79 Å². The van der Waals surface area contributed by atoms with Crippen LogP contribution in [0.3, 0.4) is 0 Å². The van der Waals surface area contributed by atoms with Crippen molar-refractivity contribution in [2.45, 2.75) is 0 Å². The minimum absolute atomic E-state index is 0.180. The number of hydrogen-bond acceptors (Lipinski definition) is 5. The molecule has 2 heterocycles. The molecule has 0 atom stereocenters. The quantitative estimate of drug-likeness (QED) is 0.229. The van der Waals surface area contributed by atoms with Crippen LogP contribution in [0.2, 0.25) is 5.02 Å². The molecule has 4 aromatic rings. The highest BCUT2D eigenvalue weighted by molar-refractivity contribution is 9.10. The van der Waals surface area contributed by atoms with Gasteiger partial charge in [0.25, 0.3) is 5.91 Å². The number of carbonyl (C=O) groups excluding carboxylic acids is 1. The molecule has 1 aliphatic rings. The van der Waals surface area contributed by atoms with E-state index >= 15 is 0 Å². The molecule has 1 aromatic heterocycles. The molecule has 0 unspecified atom stereocenters. The van der Waals surface area contributed by atoms with Gasteiger partial charge in [0.05, 0.1) is 28.4 Å². The fourth-order valence-electron chi connectivity index (χ4n) is 3.50. The van der Waals surface area contributed by atoms with Crippen molar-refractivity contribution in [3.05, 3.63) is 105 Å². The number of benzene rings is 3. The molecule has 1 fully saturated rings. The SMILES string of the molecule is COc1ccc(N=C2S/C(=C\c3ccc(-c4ccccc4Cl)o3)C(=O)N2c2ccc(Br)cc2)cc1. The van der Waals surface area contributed by atoms with E-state index in [0.29, 0.717) is 32.3 Å². The van der Waals surface area contributed by atoms with Crippen LogP contribution in [0.25, 0.3) is 17.4 Å². The highest BCUT2D eigenvalue weighted by Crippen LogP contribution is 2.38. The zero-order chi connectivity index (χ0) is 24.4. The molecule has 5 nitrogen and oxygen atoms in total. The van der Waals surface area contributed by atoms with Crippen LogP contribution >= 0.6 is 39.3 Å². The molecular formula is C27H18BrClN2O3S. The predicted octanol–water partition coefficient (Wildman–Crippen LogP) is 8.18.